The van der Waals surface area contributed by atoms with Crippen LogP contribution < -0.4 is 5.32 Å². The van der Waals surface area contributed by atoms with Crippen molar-refractivity contribution in [2.75, 3.05) is 6.61 Å². The zero-order chi connectivity index (χ0) is 21.7. The lowest BCUT2D eigenvalue weighted by Crippen LogP contribution is -2.38. The summed E-state index contributed by atoms with van der Waals surface area (Å²) in [4.78, 5) is 21.9. The number of hydrogen-bond donors (Lipinski definition) is 2. The van der Waals surface area contributed by atoms with Gasteiger partial charge < -0.3 is 10.4 Å². The molecule has 0 aliphatic heterocycles. The normalized spacial score (nSPS) is 12.1. The Morgan fingerprint density at radius 1 is 0.967 bits per heavy atom. The van der Waals surface area contributed by atoms with E-state index in [-0.39, 0.29) is 24.2 Å². The number of benzene rings is 2. The standard InChI is InChI=1S/C23H23Cl2N3O2/c1-14(2)11-19(13-29)27-23(30)20-12-26-21(15-3-7-17(24)8-4-15)22(28-20)16-5-9-18(25)10-6-16/h3-10,12,14,19,29H,11,13H2,1-2H3,(H,27,30)/t19-/m1/s1. The highest BCUT2D eigenvalue weighted by molar-refractivity contribution is 6.31. The number of aromatic nitrogens is 2. The maximum absolute atomic E-state index is 12.8. The summed E-state index contributed by atoms with van der Waals surface area (Å²) in [7, 11) is 0. The lowest BCUT2D eigenvalue weighted by atomic mass is 10.0. The van der Waals surface area contributed by atoms with Gasteiger partial charge in [-0.15, -0.1) is 0 Å². The minimum absolute atomic E-state index is 0.135. The molecule has 0 spiro atoms. The molecule has 0 saturated carbocycles. The number of aliphatic hydroxyl groups is 1. The Morgan fingerprint density at radius 2 is 1.50 bits per heavy atom. The molecule has 0 saturated heterocycles. The lowest BCUT2D eigenvalue weighted by molar-refractivity contribution is 0.0903. The lowest BCUT2D eigenvalue weighted by Gasteiger charge is -2.18. The van der Waals surface area contributed by atoms with Crippen LogP contribution in [0.3, 0.4) is 0 Å². The maximum Gasteiger partial charge on any atom is 0.271 e. The van der Waals surface area contributed by atoms with Gasteiger partial charge in [0.2, 0.25) is 0 Å². The summed E-state index contributed by atoms with van der Waals surface area (Å²) in [6, 6.07) is 14.1. The number of hydrogen-bond acceptors (Lipinski definition) is 4. The van der Waals surface area contributed by atoms with Gasteiger partial charge in [-0.05, 0) is 36.6 Å². The molecular weight excluding hydrogens is 421 g/mol. The fourth-order valence-electron chi connectivity index (χ4n) is 3.13. The fraction of sp³-hybridized carbons (Fsp3) is 0.261. The fourth-order valence-corrected chi connectivity index (χ4v) is 3.39. The van der Waals surface area contributed by atoms with Gasteiger partial charge in [0.25, 0.3) is 5.91 Å². The number of amides is 1. The summed E-state index contributed by atoms with van der Waals surface area (Å²) >= 11 is 12.0. The predicted molar refractivity (Wildman–Crippen MR) is 121 cm³/mol. The van der Waals surface area contributed by atoms with E-state index in [9.17, 15) is 9.90 Å². The van der Waals surface area contributed by atoms with E-state index in [1.807, 2.05) is 38.1 Å². The van der Waals surface area contributed by atoms with Gasteiger partial charge in [-0.2, -0.15) is 0 Å². The first kappa shape index (κ1) is 22.2. The highest BCUT2D eigenvalue weighted by Crippen LogP contribution is 2.30. The van der Waals surface area contributed by atoms with Crippen LogP contribution >= 0.6 is 23.2 Å². The van der Waals surface area contributed by atoms with E-state index in [1.165, 1.54) is 6.20 Å². The number of nitrogens with zero attached hydrogens (tertiary/aromatic N) is 2. The second kappa shape index (κ2) is 10.0. The van der Waals surface area contributed by atoms with E-state index < -0.39 is 0 Å². The Labute approximate surface area is 186 Å². The smallest absolute Gasteiger partial charge is 0.271 e. The molecule has 7 heteroatoms. The minimum Gasteiger partial charge on any atom is -0.394 e. The van der Waals surface area contributed by atoms with Crippen molar-refractivity contribution in [3.8, 4) is 22.5 Å². The molecule has 0 aliphatic carbocycles. The molecule has 2 aromatic carbocycles. The average Bonchev–Trinajstić information content (AvgIpc) is 2.73. The zero-order valence-electron chi connectivity index (χ0n) is 16.8. The SMILES string of the molecule is CC(C)C[C@H](CO)NC(=O)c1cnc(-c2ccc(Cl)cc2)c(-c2ccc(Cl)cc2)n1. The van der Waals surface area contributed by atoms with Crippen molar-refractivity contribution in [3.05, 3.63) is 70.5 Å². The van der Waals surface area contributed by atoms with Gasteiger partial charge in [0, 0.05) is 21.2 Å². The molecule has 0 fully saturated rings. The van der Waals surface area contributed by atoms with E-state index in [0.717, 1.165) is 11.1 Å². The van der Waals surface area contributed by atoms with E-state index in [1.54, 1.807) is 24.3 Å². The minimum atomic E-state index is -0.375. The highest BCUT2D eigenvalue weighted by atomic mass is 35.5. The molecular formula is C23H23Cl2N3O2. The Balaban J connectivity index is 2.00. The van der Waals surface area contributed by atoms with Crippen molar-refractivity contribution in [2.45, 2.75) is 26.3 Å². The third-order valence-corrected chi connectivity index (χ3v) is 5.06. The summed E-state index contributed by atoms with van der Waals surface area (Å²) in [5.74, 6) is -0.0366. The van der Waals surface area contributed by atoms with Crippen molar-refractivity contribution in [3.63, 3.8) is 0 Å². The van der Waals surface area contributed by atoms with Crippen molar-refractivity contribution in [2.24, 2.45) is 5.92 Å². The first-order chi connectivity index (χ1) is 14.4. The van der Waals surface area contributed by atoms with Crippen LogP contribution in [0.1, 0.15) is 30.8 Å². The number of carbonyl (C=O) groups excluding carboxylic acids is 1. The molecule has 0 bridgehead atoms. The molecule has 3 rings (SSSR count). The molecule has 0 radical (unpaired) electrons. The molecule has 1 atom stereocenters. The van der Waals surface area contributed by atoms with Gasteiger partial charge in [0.15, 0.2) is 0 Å². The van der Waals surface area contributed by atoms with Crippen LogP contribution in [0, 0.1) is 5.92 Å². The first-order valence-electron chi connectivity index (χ1n) is 9.68. The van der Waals surface area contributed by atoms with Crippen LogP contribution in [0.15, 0.2) is 54.7 Å². The van der Waals surface area contributed by atoms with Gasteiger partial charge in [0.05, 0.1) is 30.2 Å². The van der Waals surface area contributed by atoms with E-state index in [2.05, 4.69) is 15.3 Å². The zero-order valence-corrected chi connectivity index (χ0v) is 18.3. The second-order valence-corrected chi connectivity index (χ2v) is 8.32. The Kier molecular flexibility index (Phi) is 7.43. The van der Waals surface area contributed by atoms with E-state index in [0.29, 0.717) is 33.8 Å². The van der Waals surface area contributed by atoms with Crippen LogP contribution in [-0.2, 0) is 0 Å². The maximum atomic E-state index is 12.8. The second-order valence-electron chi connectivity index (χ2n) is 7.45. The van der Waals surface area contributed by atoms with Crippen molar-refractivity contribution in [1.82, 2.24) is 15.3 Å². The summed E-state index contributed by atoms with van der Waals surface area (Å²) in [6.45, 7) is 3.94. The Hall–Kier alpha value is -2.47. The van der Waals surface area contributed by atoms with Crippen LogP contribution in [0.5, 0.6) is 0 Å². The molecule has 0 aliphatic rings. The molecule has 2 N–H and O–H groups in total. The summed E-state index contributed by atoms with van der Waals surface area (Å²) in [6.07, 6.45) is 2.12. The Morgan fingerprint density at radius 3 is 2.00 bits per heavy atom. The third kappa shape index (κ3) is 5.57. The molecule has 30 heavy (non-hydrogen) atoms. The van der Waals surface area contributed by atoms with Crippen LogP contribution in [0.2, 0.25) is 10.0 Å². The van der Waals surface area contributed by atoms with Crippen molar-refractivity contribution in [1.29, 1.82) is 0 Å². The monoisotopic (exact) mass is 443 g/mol. The molecule has 3 aromatic rings. The molecule has 156 valence electrons. The summed E-state index contributed by atoms with van der Waals surface area (Å²) < 4.78 is 0. The van der Waals surface area contributed by atoms with Gasteiger partial charge >= 0.3 is 0 Å². The first-order valence-corrected chi connectivity index (χ1v) is 10.4. The van der Waals surface area contributed by atoms with E-state index >= 15 is 0 Å². The predicted octanol–water partition coefficient (Wildman–Crippen LogP) is 5.25. The molecule has 1 amide bonds. The number of halogens is 2. The van der Waals surface area contributed by atoms with Crippen LogP contribution in [0.25, 0.3) is 22.5 Å². The number of rotatable bonds is 7. The van der Waals surface area contributed by atoms with Gasteiger partial charge in [-0.3, -0.25) is 9.78 Å². The summed E-state index contributed by atoms with van der Waals surface area (Å²) in [5.41, 5.74) is 2.99. The number of carbonyl (C=O) groups is 1. The molecule has 0 unspecified atom stereocenters. The highest BCUT2D eigenvalue weighted by Gasteiger charge is 2.19. The largest absolute Gasteiger partial charge is 0.394 e. The van der Waals surface area contributed by atoms with Gasteiger partial charge in [-0.1, -0.05) is 61.3 Å². The number of nitrogens with one attached hydrogen (secondary N) is 1. The summed E-state index contributed by atoms with van der Waals surface area (Å²) in [5, 5.41) is 13.6. The Bertz CT molecular complexity index is 1010. The van der Waals surface area contributed by atoms with Crippen molar-refractivity contribution >= 4 is 29.1 Å². The number of aliphatic hydroxyl groups excluding tert-OH is 1. The van der Waals surface area contributed by atoms with Crippen molar-refractivity contribution < 1.29 is 9.90 Å². The van der Waals surface area contributed by atoms with E-state index in [4.69, 9.17) is 23.2 Å². The topological polar surface area (TPSA) is 75.1 Å². The molecule has 5 nitrogen and oxygen atoms in total. The third-order valence-electron chi connectivity index (χ3n) is 4.55. The quantitative estimate of drug-likeness (QED) is 0.522. The van der Waals surface area contributed by atoms with Crippen LogP contribution in [-0.4, -0.2) is 33.6 Å². The van der Waals surface area contributed by atoms with Gasteiger partial charge in [-0.25, -0.2) is 4.98 Å². The average molecular weight is 444 g/mol. The van der Waals surface area contributed by atoms with Crippen LogP contribution in [0.4, 0.5) is 0 Å². The van der Waals surface area contributed by atoms with Gasteiger partial charge in [0.1, 0.15) is 5.69 Å². The molecule has 1 heterocycles. The molecule has 1 aromatic heterocycles.